The SMILES string of the molecule is CC(C)S(=O)(=O)c1ccccc1-c1c(Nc2ccc(P(C)(C)=O)cc2F)ncc(C(F)(F)F)c1N. The maximum Gasteiger partial charge on any atom is 0.419 e. The van der Waals surface area contributed by atoms with E-state index in [1.165, 1.54) is 63.6 Å². The number of nitrogen functional groups attached to an aromatic ring is 1. The van der Waals surface area contributed by atoms with E-state index < -0.39 is 45.5 Å². The van der Waals surface area contributed by atoms with Crippen LogP contribution in [0.1, 0.15) is 19.4 Å². The smallest absolute Gasteiger partial charge is 0.398 e. The topological polar surface area (TPSA) is 102 Å². The molecule has 0 saturated carbocycles. The molecule has 0 radical (unpaired) electrons. The molecule has 3 rings (SSSR count). The molecule has 0 atom stereocenters. The number of rotatable bonds is 6. The fourth-order valence-corrected chi connectivity index (χ4v) is 5.47. The summed E-state index contributed by atoms with van der Waals surface area (Å²) in [6.07, 6.45) is -4.37. The van der Waals surface area contributed by atoms with E-state index >= 15 is 0 Å². The molecule has 0 amide bonds. The molecule has 0 aliphatic carbocycles. The second kappa shape index (κ2) is 9.28. The molecule has 0 aliphatic rings. The molecular formula is C23H24F4N3O3PS. The van der Waals surface area contributed by atoms with Crippen molar-refractivity contribution >= 4 is 39.5 Å². The van der Waals surface area contributed by atoms with Crippen molar-refractivity contribution in [2.75, 3.05) is 24.4 Å². The van der Waals surface area contributed by atoms with E-state index in [-0.39, 0.29) is 32.8 Å². The van der Waals surface area contributed by atoms with Gasteiger partial charge in [-0.05, 0) is 51.4 Å². The molecule has 0 spiro atoms. The number of halogens is 4. The van der Waals surface area contributed by atoms with Gasteiger partial charge in [-0.1, -0.05) is 18.2 Å². The van der Waals surface area contributed by atoms with Crippen molar-refractivity contribution in [3.8, 4) is 11.1 Å². The van der Waals surface area contributed by atoms with Crippen molar-refractivity contribution in [2.45, 2.75) is 30.2 Å². The quantitative estimate of drug-likeness (QED) is 0.316. The van der Waals surface area contributed by atoms with Crippen LogP contribution < -0.4 is 16.4 Å². The summed E-state index contributed by atoms with van der Waals surface area (Å²) >= 11 is 0. The van der Waals surface area contributed by atoms with Gasteiger partial charge in [0.05, 0.1) is 27.1 Å². The number of alkyl halides is 3. The van der Waals surface area contributed by atoms with Crippen molar-refractivity contribution in [1.29, 1.82) is 0 Å². The number of hydrogen-bond acceptors (Lipinski definition) is 6. The van der Waals surface area contributed by atoms with Gasteiger partial charge < -0.3 is 15.6 Å². The first kappa shape index (κ1) is 26.7. The first-order valence-corrected chi connectivity index (χ1v) is 14.5. The average Bonchev–Trinajstić information content (AvgIpc) is 2.73. The van der Waals surface area contributed by atoms with Crippen molar-refractivity contribution < 1.29 is 30.5 Å². The van der Waals surface area contributed by atoms with Crippen LogP contribution in [-0.4, -0.2) is 32.0 Å². The Balaban J connectivity index is 2.30. The van der Waals surface area contributed by atoms with Crippen LogP contribution in [0.3, 0.4) is 0 Å². The van der Waals surface area contributed by atoms with Gasteiger partial charge in [0.1, 0.15) is 18.8 Å². The molecule has 0 fully saturated rings. The van der Waals surface area contributed by atoms with Crippen LogP contribution >= 0.6 is 7.14 Å². The van der Waals surface area contributed by atoms with Crippen molar-refractivity contribution in [1.82, 2.24) is 4.98 Å². The van der Waals surface area contributed by atoms with Crippen LogP contribution in [0.15, 0.2) is 53.6 Å². The van der Waals surface area contributed by atoms with Crippen LogP contribution in [0.5, 0.6) is 0 Å². The van der Waals surface area contributed by atoms with Gasteiger partial charge in [-0.3, -0.25) is 0 Å². The minimum absolute atomic E-state index is 0.108. The van der Waals surface area contributed by atoms with Gasteiger partial charge in [0.2, 0.25) is 0 Å². The van der Waals surface area contributed by atoms with Gasteiger partial charge in [0.25, 0.3) is 0 Å². The predicted molar refractivity (Wildman–Crippen MR) is 130 cm³/mol. The monoisotopic (exact) mass is 529 g/mol. The number of nitrogens with two attached hydrogens (primary N) is 1. The largest absolute Gasteiger partial charge is 0.419 e. The second-order valence-electron chi connectivity index (χ2n) is 8.54. The molecule has 35 heavy (non-hydrogen) atoms. The molecule has 1 heterocycles. The molecule has 12 heteroatoms. The third-order valence-electron chi connectivity index (χ3n) is 5.34. The third-order valence-corrected chi connectivity index (χ3v) is 9.07. The molecule has 1 aromatic heterocycles. The summed E-state index contributed by atoms with van der Waals surface area (Å²) in [5.41, 5.74) is 3.31. The normalized spacial score (nSPS) is 12.7. The van der Waals surface area contributed by atoms with Crippen LogP contribution in [-0.2, 0) is 20.6 Å². The molecule has 0 aliphatic heterocycles. The minimum atomic E-state index is -4.87. The van der Waals surface area contributed by atoms with E-state index in [0.29, 0.717) is 6.20 Å². The summed E-state index contributed by atoms with van der Waals surface area (Å²) in [5.74, 6) is -1.09. The molecule has 2 aromatic carbocycles. The van der Waals surface area contributed by atoms with Gasteiger partial charge in [-0.15, -0.1) is 0 Å². The standard InChI is InChI=1S/C23H24F4N3O3PS/c1-13(2)35(32,33)19-8-6-5-7-15(19)20-21(28)16(23(25,26)27)12-29-22(20)30-18-10-9-14(11-17(18)24)34(3,4)31/h5-13H,1-4H3,(H3,28,29,30). The Morgan fingerprint density at radius 2 is 1.71 bits per heavy atom. The van der Waals surface area contributed by atoms with E-state index in [4.69, 9.17) is 5.73 Å². The second-order valence-corrected chi connectivity index (χ2v) is 14.2. The summed E-state index contributed by atoms with van der Waals surface area (Å²) in [6, 6.07) is 9.24. The summed E-state index contributed by atoms with van der Waals surface area (Å²) in [7, 11) is -6.71. The highest BCUT2D eigenvalue weighted by molar-refractivity contribution is 7.92. The Bertz CT molecular complexity index is 1430. The lowest BCUT2D eigenvalue weighted by Gasteiger charge is -2.21. The van der Waals surface area contributed by atoms with Gasteiger partial charge >= 0.3 is 6.18 Å². The van der Waals surface area contributed by atoms with Crippen LogP contribution in [0.2, 0.25) is 0 Å². The van der Waals surface area contributed by atoms with Gasteiger partial charge in [0, 0.05) is 22.6 Å². The zero-order valence-corrected chi connectivity index (χ0v) is 21.0. The maximum absolute atomic E-state index is 14.8. The number of hydrogen-bond donors (Lipinski definition) is 2. The fraction of sp³-hybridized carbons (Fsp3) is 0.261. The van der Waals surface area contributed by atoms with Gasteiger partial charge in [-0.2, -0.15) is 13.2 Å². The fourth-order valence-electron chi connectivity index (χ4n) is 3.36. The molecule has 6 nitrogen and oxygen atoms in total. The summed E-state index contributed by atoms with van der Waals surface area (Å²) in [4.78, 5) is 3.59. The number of sulfone groups is 1. The lowest BCUT2D eigenvalue weighted by Crippen LogP contribution is -2.17. The summed E-state index contributed by atoms with van der Waals surface area (Å²) in [6.45, 7) is 5.82. The van der Waals surface area contributed by atoms with Crippen LogP contribution in [0, 0.1) is 5.82 Å². The minimum Gasteiger partial charge on any atom is -0.398 e. The molecule has 3 aromatic rings. The lowest BCUT2D eigenvalue weighted by molar-refractivity contribution is -0.137. The predicted octanol–water partition coefficient (Wildman–Crippen LogP) is 5.66. The molecule has 188 valence electrons. The number of pyridine rings is 1. The number of benzene rings is 2. The molecule has 0 unspecified atom stereocenters. The third kappa shape index (κ3) is 5.36. The molecule has 3 N–H and O–H groups in total. The maximum atomic E-state index is 14.8. The summed E-state index contributed by atoms with van der Waals surface area (Å²) in [5, 5.41) is 2.03. The van der Waals surface area contributed by atoms with E-state index in [0.717, 1.165) is 6.07 Å². The first-order chi connectivity index (χ1) is 16.0. The van der Waals surface area contributed by atoms with Gasteiger partial charge in [-0.25, -0.2) is 17.8 Å². The first-order valence-electron chi connectivity index (χ1n) is 10.4. The van der Waals surface area contributed by atoms with Crippen molar-refractivity contribution in [2.24, 2.45) is 0 Å². The van der Waals surface area contributed by atoms with Gasteiger partial charge in [0.15, 0.2) is 9.84 Å². The zero-order chi connectivity index (χ0) is 26.3. The van der Waals surface area contributed by atoms with Crippen molar-refractivity contribution in [3.05, 3.63) is 60.0 Å². The average molecular weight is 529 g/mol. The Morgan fingerprint density at radius 3 is 2.26 bits per heavy atom. The molecule has 0 bridgehead atoms. The number of nitrogens with one attached hydrogen (secondary N) is 1. The highest BCUT2D eigenvalue weighted by Gasteiger charge is 2.36. The number of nitrogens with zero attached hydrogens (tertiary/aromatic N) is 1. The van der Waals surface area contributed by atoms with Crippen LogP contribution in [0.4, 0.5) is 34.8 Å². The summed E-state index contributed by atoms with van der Waals surface area (Å²) < 4.78 is 94.0. The molecule has 0 saturated heterocycles. The van der Waals surface area contributed by atoms with Crippen molar-refractivity contribution in [3.63, 3.8) is 0 Å². The Kier molecular flexibility index (Phi) is 7.07. The van der Waals surface area contributed by atoms with E-state index in [9.17, 15) is 30.5 Å². The van der Waals surface area contributed by atoms with E-state index in [1.54, 1.807) is 0 Å². The highest BCUT2D eigenvalue weighted by atomic mass is 32.2. The highest BCUT2D eigenvalue weighted by Crippen LogP contribution is 2.44. The van der Waals surface area contributed by atoms with E-state index in [2.05, 4.69) is 10.3 Å². The Hall–Kier alpha value is -2.91. The number of anilines is 3. The Labute approximate surface area is 200 Å². The number of aromatic nitrogens is 1. The zero-order valence-electron chi connectivity index (χ0n) is 19.3. The molecular weight excluding hydrogens is 505 g/mol. The lowest BCUT2D eigenvalue weighted by atomic mass is 10.0. The Morgan fingerprint density at radius 1 is 1.09 bits per heavy atom. The van der Waals surface area contributed by atoms with E-state index in [1.807, 2.05) is 0 Å². The van der Waals surface area contributed by atoms with Crippen LogP contribution in [0.25, 0.3) is 11.1 Å².